The summed E-state index contributed by atoms with van der Waals surface area (Å²) in [5.74, 6) is -0.349. The highest BCUT2D eigenvalue weighted by Gasteiger charge is 2.14. The van der Waals surface area contributed by atoms with Crippen molar-refractivity contribution in [2.45, 2.75) is 13.5 Å². The van der Waals surface area contributed by atoms with Gasteiger partial charge in [-0.2, -0.15) is 5.10 Å². The Hall–Kier alpha value is -3.94. The minimum Gasteiger partial charge on any atom is -0.495 e. The van der Waals surface area contributed by atoms with Crippen molar-refractivity contribution in [3.8, 4) is 17.0 Å². The van der Waals surface area contributed by atoms with Crippen LogP contribution in [-0.2, 0) is 16.1 Å². The topological polar surface area (TPSA) is 102 Å². The van der Waals surface area contributed by atoms with Gasteiger partial charge < -0.3 is 15.4 Å². The summed E-state index contributed by atoms with van der Waals surface area (Å²) in [6, 6.07) is 17.6. The van der Waals surface area contributed by atoms with Crippen molar-refractivity contribution in [1.82, 2.24) is 9.78 Å². The lowest BCUT2D eigenvalue weighted by Crippen LogP contribution is -2.32. The minimum atomic E-state index is -0.574. The Labute approximate surface area is 167 Å². The van der Waals surface area contributed by atoms with Crippen LogP contribution in [0.25, 0.3) is 11.3 Å². The van der Waals surface area contributed by atoms with E-state index in [-0.39, 0.29) is 12.2 Å². The van der Waals surface area contributed by atoms with E-state index in [1.54, 1.807) is 24.3 Å². The number of ether oxygens (including phenoxy) is 1. The van der Waals surface area contributed by atoms with Gasteiger partial charge in [-0.25, -0.2) is 4.68 Å². The smallest absolute Gasteiger partial charge is 0.291 e. The molecule has 0 spiro atoms. The molecule has 1 heterocycles. The molecule has 148 valence electrons. The first-order chi connectivity index (χ1) is 14.0. The highest BCUT2D eigenvalue weighted by atomic mass is 16.5. The molecule has 29 heavy (non-hydrogen) atoms. The van der Waals surface area contributed by atoms with E-state index in [9.17, 15) is 14.4 Å². The highest BCUT2D eigenvalue weighted by molar-refractivity contribution is 5.92. The van der Waals surface area contributed by atoms with Gasteiger partial charge in [0.15, 0.2) is 0 Å². The van der Waals surface area contributed by atoms with E-state index in [1.807, 2.05) is 30.3 Å². The molecule has 0 fully saturated rings. The number of amides is 2. The van der Waals surface area contributed by atoms with Gasteiger partial charge >= 0.3 is 0 Å². The summed E-state index contributed by atoms with van der Waals surface area (Å²) in [6.45, 7) is 0.977. The Kier molecular flexibility index (Phi) is 6.03. The SMILES string of the molecule is COc1ccccc1NC(=O)Cn1nc(-c2ccccc2)cc(NC(C)=O)c1=O. The van der Waals surface area contributed by atoms with E-state index >= 15 is 0 Å². The number of aromatic nitrogens is 2. The van der Waals surface area contributed by atoms with Gasteiger partial charge in [0.1, 0.15) is 18.0 Å². The molecule has 0 unspecified atom stereocenters. The molecule has 0 saturated carbocycles. The average molecular weight is 392 g/mol. The first kappa shape index (κ1) is 19.8. The number of nitrogens with one attached hydrogen (secondary N) is 2. The van der Waals surface area contributed by atoms with Crippen LogP contribution < -0.4 is 20.9 Å². The zero-order valence-electron chi connectivity index (χ0n) is 16.0. The maximum atomic E-state index is 12.7. The first-order valence-electron chi connectivity index (χ1n) is 8.86. The molecule has 0 atom stereocenters. The van der Waals surface area contributed by atoms with E-state index in [1.165, 1.54) is 20.1 Å². The number of hydrogen-bond acceptors (Lipinski definition) is 5. The predicted octanol–water partition coefficient (Wildman–Crippen LogP) is 2.52. The maximum absolute atomic E-state index is 12.7. The van der Waals surface area contributed by atoms with Crippen LogP contribution in [0, 0.1) is 0 Å². The summed E-state index contributed by atoms with van der Waals surface area (Å²) in [5.41, 5.74) is 1.16. The molecule has 8 nitrogen and oxygen atoms in total. The molecule has 8 heteroatoms. The molecule has 3 rings (SSSR count). The van der Waals surface area contributed by atoms with Crippen molar-refractivity contribution < 1.29 is 14.3 Å². The molecule has 0 saturated heterocycles. The fourth-order valence-corrected chi connectivity index (χ4v) is 2.75. The Morgan fingerprint density at radius 3 is 2.38 bits per heavy atom. The molecule has 0 aliphatic rings. The van der Waals surface area contributed by atoms with Crippen LogP contribution in [0.1, 0.15) is 6.92 Å². The molecule has 2 N–H and O–H groups in total. The standard InChI is InChI=1S/C21H20N4O4/c1-14(26)22-18-12-17(15-8-4-3-5-9-15)24-25(21(18)28)13-20(27)23-16-10-6-7-11-19(16)29-2/h3-12H,13H2,1-2H3,(H,22,26)(H,23,27). The normalized spacial score (nSPS) is 10.3. The van der Waals surface area contributed by atoms with Crippen molar-refractivity contribution in [3.63, 3.8) is 0 Å². The summed E-state index contributed by atoms with van der Waals surface area (Å²) < 4.78 is 6.24. The summed E-state index contributed by atoms with van der Waals surface area (Å²) in [4.78, 5) is 36.7. The fraction of sp³-hybridized carbons (Fsp3) is 0.143. The van der Waals surface area contributed by atoms with Gasteiger partial charge in [-0.05, 0) is 18.2 Å². The second-order valence-electron chi connectivity index (χ2n) is 6.20. The number of rotatable bonds is 6. The van der Waals surface area contributed by atoms with Crippen molar-refractivity contribution in [2.75, 3.05) is 17.7 Å². The van der Waals surface area contributed by atoms with E-state index in [4.69, 9.17) is 4.74 Å². The minimum absolute atomic E-state index is 0.0523. The van der Waals surface area contributed by atoms with Crippen LogP contribution in [0.4, 0.5) is 11.4 Å². The third-order valence-electron chi connectivity index (χ3n) is 4.03. The number of anilines is 2. The summed E-state index contributed by atoms with van der Waals surface area (Å²) in [5, 5.41) is 9.50. The molecule has 2 amide bonds. The summed E-state index contributed by atoms with van der Waals surface area (Å²) >= 11 is 0. The monoisotopic (exact) mass is 392 g/mol. The van der Waals surface area contributed by atoms with Gasteiger partial charge in [-0.1, -0.05) is 42.5 Å². The third kappa shape index (κ3) is 4.86. The number of nitrogens with zero attached hydrogens (tertiary/aromatic N) is 2. The van der Waals surface area contributed by atoms with Gasteiger partial charge in [-0.15, -0.1) is 0 Å². The van der Waals surface area contributed by atoms with Crippen molar-refractivity contribution >= 4 is 23.2 Å². The van der Waals surface area contributed by atoms with Crippen molar-refractivity contribution in [3.05, 3.63) is 71.0 Å². The lowest BCUT2D eigenvalue weighted by molar-refractivity contribution is -0.117. The van der Waals surface area contributed by atoms with Crippen LogP contribution in [0.15, 0.2) is 65.5 Å². The number of carbonyl (C=O) groups excluding carboxylic acids is 2. The van der Waals surface area contributed by atoms with Crippen LogP contribution >= 0.6 is 0 Å². The Morgan fingerprint density at radius 2 is 1.69 bits per heavy atom. The molecule has 0 aliphatic heterocycles. The lowest BCUT2D eigenvalue weighted by Gasteiger charge is -2.12. The fourth-order valence-electron chi connectivity index (χ4n) is 2.75. The molecule has 0 bridgehead atoms. The Morgan fingerprint density at radius 1 is 1.00 bits per heavy atom. The van der Waals surface area contributed by atoms with Crippen molar-refractivity contribution in [1.29, 1.82) is 0 Å². The average Bonchev–Trinajstić information content (AvgIpc) is 2.71. The van der Waals surface area contributed by atoms with Gasteiger partial charge in [0, 0.05) is 12.5 Å². The van der Waals surface area contributed by atoms with Crippen LogP contribution in [-0.4, -0.2) is 28.7 Å². The molecular formula is C21H20N4O4. The number of para-hydroxylation sites is 2. The second-order valence-corrected chi connectivity index (χ2v) is 6.20. The van der Waals surface area contributed by atoms with Gasteiger partial charge in [-0.3, -0.25) is 14.4 Å². The third-order valence-corrected chi connectivity index (χ3v) is 4.03. The van der Waals surface area contributed by atoms with Crippen LogP contribution in [0.2, 0.25) is 0 Å². The number of benzene rings is 2. The van der Waals surface area contributed by atoms with E-state index in [0.29, 0.717) is 17.1 Å². The number of hydrogen-bond donors (Lipinski definition) is 2. The zero-order chi connectivity index (χ0) is 20.8. The summed E-state index contributed by atoms with van der Waals surface area (Å²) in [6.07, 6.45) is 0. The Bertz CT molecular complexity index is 1090. The quantitative estimate of drug-likeness (QED) is 0.671. The molecular weight excluding hydrogens is 372 g/mol. The molecule has 2 aromatic carbocycles. The first-order valence-corrected chi connectivity index (χ1v) is 8.86. The van der Waals surface area contributed by atoms with Crippen molar-refractivity contribution in [2.24, 2.45) is 0 Å². The zero-order valence-corrected chi connectivity index (χ0v) is 16.0. The molecule has 0 radical (unpaired) electrons. The maximum Gasteiger partial charge on any atom is 0.291 e. The van der Waals surface area contributed by atoms with Gasteiger partial charge in [0.25, 0.3) is 5.56 Å². The van der Waals surface area contributed by atoms with E-state index in [2.05, 4.69) is 15.7 Å². The summed E-state index contributed by atoms with van der Waals surface area (Å²) in [7, 11) is 1.50. The van der Waals surface area contributed by atoms with Gasteiger partial charge in [0.2, 0.25) is 11.8 Å². The number of methoxy groups -OCH3 is 1. The van der Waals surface area contributed by atoms with E-state index in [0.717, 1.165) is 10.2 Å². The van der Waals surface area contributed by atoms with Crippen LogP contribution in [0.5, 0.6) is 5.75 Å². The highest BCUT2D eigenvalue weighted by Crippen LogP contribution is 2.23. The van der Waals surface area contributed by atoms with Gasteiger partial charge in [0.05, 0.1) is 18.5 Å². The largest absolute Gasteiger partial charge is 0.495 e. The van der Waals surface area contributed by atoms with Crippen LogP contribution in [0.3, 0.4) is 0 Å². The predicted molar refractivity (Wildman–Crippen MR) is 110 cm³/mol. The Balaban J connectivity index is 1.94. The van der Waals surface area contributed by atoms with E-state index < -0.39 is 17.4 Å². The lowest BCUT2D eigenvalue weighted by atomic mass is 10.1. The molecule has 3 aromatic rings. The molecule has 0 aliphatic carbocycles. The second kappa shape index (κ2) is 8.83. The molecule has 1 aromatic heterocycles. The number of carbonyl (C=O) groups is 2.